The van der Waals surface area contributed by atoms with Crippen LogP contribution in [0.2, 0.25) is 0 Å². The summed E-state index contributed by atoms with van der Waals surface area (Å²) >= 11 is 0. The second kappa shape index (κ2) is 5.56. The Labute approximate surface area is 138 Å². The average molecular weight is 321 g/mol. The predicted octanol–water partition coefficient (Wildman–Crippen LogP) is 2.78. The summed E-state index contributed by atoms with van der Waals surface area (Å²) in [5.74, 6) is 0.0227. The Balaban J connectivity index is 1.71. The quantitative estimate of drug-likeness (QED) is 0.536. The number of rotatable bonds is 2. The molecule has 0 aliphatic heterocycles. The third-order valence-electron chi connectivity index (χ3n) is 4.19. The van der Waals surface area contributed by atoms with Gasteiger partial charge in [0.1, 0.15) is 11.3 Å². The first-order chi connectivity index (χ1) is 11.6. The zero-order valence-corrected chi connectivity index (χ0v) is 13.2. The Morgan fingerprint density at radius 3 is 3.00 bits per heavy atom. The highest BCUT2D eigenvalue weighted by Gasteiger charge is 2.23. The minimum Gasteiger partial charge on any atom is -0.422 e. The van der Waals surface area contributed by atoms with Crippen molar-refractivity contribution in [3.63, 3.8) is 0 Å². The van der Waals surface area contributed by atoms with E-state index in [9.17, 15) is 9.59 Å². The van der Waals surface area contributed by atoms with Gasteiger partial charge in [0.2, 0.25) is 0 Å². The van der Waals surface area contributed by atoms with Gasteiger partial charge in [0.15, 0.2) is 11.4 Å². The summed E-state index contributed by atoms with van der Waals surface area (Å²) in [5.41, 5.74) is 3.02. The minimum absolute atomic E-state index is 0.0995. The molecule has 1 aliphatic carbocycles. The highest BCUT2D eigenvalue weighted by molar-refractivity contribution is 6.00. The molecule has 4 rings (SSSR count). The highest BCUT2D eigenvalue weighted by atomic mass is 16.5. The number of fused-ring (bicyclic) bond motifs is 2. The van der Waals surface area contributed by atoms with E-state index in [4.69, 9.17) is 4.74 Å². The monoisotopic (exact) mass is 321 g/mol. The molecule has 6 nitrogen and oxygen atoms in total. The fourth-order valence-electron chi connectivity index (χ4n) is 3.00. The number of hydrogen-bond acceptors (Lipinski definition) is 5. The summed E-state index contributed by atoms with van der Waals surface area (Å²) in [5, 5.41) is 4.12. The highest BCUT2D eigenvalue weighted by Crippen LogP contribution is 2.30. The van der Waals surface area contributed by atoms with Crippen LogP contribution in [-0.2, 0) is 6.42 Å². The number of benzene rings is 1. The minimum atomic E-state index is -0.519. The van der Waals surface area contributed by atoms with E-state index in [1.165, 1.54) is 10.7 Å². The Kier molecular flexibility index (Phi) is 3.37. The van der Waals surface area contributed by atoms with Crippen LogP contribution in [0.4, 0.5) is 0 Å². The first-order valence-corrected chi connectivity index (χ1v) is 7.82. The Hall–Kier alpha value is -3.02. The summed E-state index contributed by atoms with van der Waals surface area (Å²) < 4.78 is 7.10. The van der Waals surface area contributed by atoms with Crippen molar-refractivity contribution in [3.8, 4) is 5.75 Å². The molecule has 0 unspecified atom stereocenters. The van der Waals surface area contributed by atoms with Crippen molar-refractivity contribution in [2.24, 2.45) is 0 Å². The maximum absolute atomic E-state index is 12.6. The largest absolute Gasteiger partial charge is 0.422 e. The molecule has 6 heteroatoms. The van der Waals surface area contributed by atoms with Crippen molar-refractivity contribution in [3.05, 3.63) is 59.0 Å². The van der Waals surface area contributed by atoms with Gasteiger partial charge >= 0.3 is 5.97 Å². The summed E-state index contributed by atoms with van der Waals surface area (Å²) in [6.45, 7) is 1.85. The van der Waals surface area contributed by atoms with Gasteiger partial charge in [-0.15, -0.1) is 0 Å². The molecule has 1 aromatic carbocycles. The van der Waals surface area contributed by atoms with Crippen LogP contribution in [0.3, 0.4) is 0 Å². The number of aromatic nitrogens is 3. The van der Waals surface area contributed by atoms with Gasteiger partial charge in [-0.05, 0) is 31.9 Å². The zero-order chi connectivity index (χ0) is 16.7. The van der Waals surface area contributed by atoms with Gasteiger partial charge in [-0.1, -0.05) is 12.1 Å². The lowest BCUT2D eigenvalue weighted by molar-refractivity contribution is 0.0732. The molecule has 0 N–H and O–H groups in total. The van der Waals surface area contributed by atoms with Gasteiger partial charge in [-0.2, -0.15) is 5.10 Å². The number of aryl methyl sites for hydroxylation is 1. The summed E-state index contributed by atoms with van der Waals surface area (Å²) in [6, 6.07) is 7.06. The zero-order valence-electron chi connectivity index (χ0n) is 13.2. The number of carbonyl (C=O) groups is 2. The Morgan fingerprint density at radius 2 is 2.12 bits per heavy atom. The number of nitrogens with zero attached hydrogens (tertiary/aromatic N) is 3. The first kappa shape index (κ1) is 14.6. The van der Waals surface area contributed by atoms with Crippen LogP contribution in [0.5, 0.6) is 5.75 Å². The molecule has 0 atom stereocenters. The summed E-state index contributed by atoms with van der Waals surface area (Å²) in [4.78, 5) is 28.9. The summed E-state index contributed by atoms with van der Waals surface area (Å²) in [6.07, 6.45) is 5.25. The number of Topliss-reactive ketones (excluding diaryl/α,β-unsaturated/α-hetero) is 1. The maximum atomic E-state index is 12.6. The molecule has 0 bridgehead atoms. The molecule has 0 radical (unpaired) electrons. The topological polar surface area (TPSA) is 73.6 Å². The van der Waals surface area contributed by atoms with Crippen LogP contribution >= 0.6 is 0 Å². The fourth-order valence-corrected chi connectivity index (χ4v) is 3.00. The molecule has 0 fully saturated rings. The third-order valence-corrected chi connectivity index (χ3v) is 4.19. The third kappa shape index (κ3) is 2.36. The second-order valence-electron chi connectivity index (χ2n) is 5.84. The standard InChI is InChI=1S/C18H15N3O3/c1-11-8-9-21-17(20-11)14(10-19-21)18(23)24-16-7-3-4-12-13(16)5-2-6-15(12)22/h3-4,7-10H,2,5-6H2,1H3. The molecule has 1 aliphatic rings. The fraction of sp³-hybridized carbons (Fsp3) is 0.222. The van der Waals surface area contributed by atoms with Crippen molar-refractivity contribution in [1.29, 1.82) is 0 Å². The van der Waals surface area contributed by atoms with Crippen LogP contribution in [0.25, 0.3) is 5.65 Å². The lowest BCUT2D eigenvalue weighted by Gasteiger charge is -2.17. The Bertz CT molecular complexity index is 975. The lowest BCUT2D eigenvalue weighted by atomic mass is 9.90. The smallest absolute Gasteiger partial charge is 0.349 e. The van der Waals surface area contributed by atoms with Crippen molar-refractivity contribution in [2.45, 2.75) is 26.2 Å². The van der Waals surface area contributed by atoms with Crippen LogP contribution in [0.15, 0.2) is 36.7 Å². The molecule has 0 saturated carbocycles. The molecule has 2 aromatic heterocycles. The van der Waals surface area contributed by atoms with Crippen LogP contribution < -0.4 is 4.74 Å². The van der Waals surface area contributed by atoms with Crippen molar-refractivity contribution in [2.75, 3.05) is 0 Å². The van der Waals surface area contributed by atoms with E-state index < -0.39 is 5.97 Å². The molecular formula is C18H15N3O3. The van der Waals surface area contributed by atoms with Crippen molar-refractivity contribution in [1.82, 2.24) is 14.6 Å². The molecule has 0 saturated heterocycles. The number of esters is 1. The van der Waals surface area contributed by atoms with Gasteiger partial charge in [0, 0.05) is 29.4 Å². The molecule has 24 heavy (non-hydrogen) atoms. The van der Waals surface area contributed by atoms with Gasteiger partial charge in [-0.3, -0.25) is 4.79 Å². The first-order valence-electron chi connectivity index (χ1n) is 7.82. The van der Waals surface area contributed by atoms with Gasteiger partial charge in [0.25, 0.3) is 0 Å². The number of ketones is 1. The number of hydrogen-bond donors (Lipinski definition) is 0. The van der Waals surface area contributed by atoms with E-state index in [0.29, 0.717) is 28.9 Å². The molecule has 3 aromatic rings. The van der Waals surface area contributed by atoms with E-state index in [1.807, 2.05) is 13.0 Å². The van der Waals surface area contributed by atoms with Gasteiger partial charge < -0.3 is 4.74 Å². The van der Waals surface area contributed by atoms with Crippen molar-refractivity contribution < 1.29 is 14.3 Å². The lowest BCUT2D eigenvalue weighted by Crippen LogP contribution is -2.15. The average Bonchev–Trinajstić information content (AvgIpc) is 2.99. The molecule has 120 valence electrons. The molecular weight excluding hydrogens is 306 g/mol. The van der Waals surface area contributed by atoms with Crippen molar-refractivity contribution >= 4 is 17.4 Å². The second-order valence-corrected chi connectivity index (χ2v) is 5.84. The predicted molar refractivity (Wildman–Crippen MR) is 86.4 cm³/mol. The van der Waals surface area contributed by atoms with E-state index >= 15 is 0 Å². The van der Waals surface area contributed by atoms with Gasteiger partial charge in [0.05, 0.1) is 6.20 Å². The SMILES string of the molecule is Cc1ccn2ncc(C(=O)Oc3cccc4c3CCCC4=O)c2n1. The van der Waals surface area contributed by atoms with E-state index in [1.54, 1.807) is 24.4 Å². The van der Waals surface area contributed by atoms with E-state index in [2.05, 4.69) is 10.1 Å². The normalized spacial score (nSPS) is 13.8. The van der Waals surface area contributed by atoms with Crippen LogP contribution in [0.1, 0.15) is 44.8 Å². The van der Waals surface area contributed by atoms with E-state index in [0.717, 1.165) is 24.1 Å². The maximum Gasteiger partial charge on any atom is 0.349 e. The Morgan fingerprint density at radius 1 is 1.25 bits per heavy atom. The summed E-state index contributed by atoms with van der Waals surface area (Å²) in [7, 11) is 0. The van der Waals surface area contributed by atoms with Crippen LogP contribution in [0, 0.1) is 6.92 Å². The molecule has 0 amide bonds. The molecule has 2 heterocycles. The number of carbonyl (C=O) groups excluding carboxylic acids is 2. The van der Waals surface area contributed by atoms with Gasteiger partial charge in [-0.25, -0.2) is 14.3 Å². The number of ether oxygens (including phenoxy) is 1. The van der Waals surface area contributed by atoms with E-state index in [-0.39, 0.29) is 5.78 Å². The molecule has 0 spiro atoms. The van der Waals surface area contributed by atoms with Crippen LogP contribution in [-0.4, -0.2) is 26.4 Å².